The number of carboxylic acid groups (broad SMARTS) is 1. The van der Waals surface area contributed by atoms with Crippen LogP contribution in [0.15, 0.2) is 30.4 Å². The third-order valence-electron chi connectivity index (χ3n) is 20.9. The number of aliphatic carboxylic acids is 1. The van der Waals surface area contributed by atoms with Crippen molar-refractivity contribution in [2.24, 2.45) is 23.2 Å². The number of aryl methyl sites for hydroxylation is 1. The van der Waals surface area contributed by atoms with Crippen LogP contribution >= 0.6 is 0 Å². The monoisotopic (exact) mass is 1450 g/mol. The number of methoxy groups -OCH3 is 1. The molecule has 28 nitrogen and oxygen atoms in total. The minimum absolute atomic E-state index is 0.0532. The molecule has 2 saturated heterocycles. The number of hydrogen-bond acceptors (Lipinski definition) is 15. The second-order valence-electron chi connectivity index (χ2n) is 30.0. The van der Waals surface area contributed by atoms with Gasteiger partial charge in [0, 0.05) is 82.5 Å². The van der Waals surface area contributed by atoms with Crippen LogP contribution in [0.25, 0.3) is 0 Å². The maximum Gasteiger partial charge on any atom is 0.419 e. The zero-order valence-corrected chi connectivity index (χ0v) is 62.7. The van der Waals surface area contributed by atoms with Gasteiger partial charge in [-0.15, -0.1) is 0 Å². The van der Waals surface area contributed by atoms with E-state index in [1.165, 1.54) is 82.0 Å². The SMILES string of the molecule is CCO[C@@H]1C[C@@H]2C(=O)NC3(CC(C)(C)C3)C(=O)N(C)[C@H](C3CCCC3)C(=O)N(C)[C@@H](C(=O)N(C)C)CC(=O)N(C)[C@@H](CC(C)C)C(=O)NC([C@@H](C)CC)C(=O)N(C)CC(=O)N(C)C3C/C=C\CCN(C3=O)[C@@H](CC(=O)O)C(=O)N(C)CC(=O)N[C@H](CCc3ccc(C(F)(F)F)c(OC)c3)C(=O)N2C1. The largest absolute Gasteiger partial charge is 0.496 e. The number of nitrogens with zero attached hydrogens (tertiary/aromatic N) is 9. The first-order valence-electron chi connectivity index (χ1n) is 35.7. The topological polar surface area (TPSA) is 326 Å². The highest BCUT2D eigenvalue weighted by Crippen LogP contribution is 2.50. The molecule has 0 aromatic heterocycles. The predicted molar refractivity (Wildman–Crippen MR) is 371 cm³/mol. The van der Waals surface area contributed by atoms with Gasteiger partial charge in [0.15, 0.2) is 0 Å². The molecule has 1 spiro atoms. The number of halogens is 3. The lowest BCUT2D eigenvalue weighted by atomic mass is 9.58. The van der Waals surface area contributed by atoms with E-state index in [1.807, 2.05) is 27.7 Å². The molecule has 1 aromatic carbocycles. The number of rotatable bonds is 14. The first-order chi connectivity index (χ1) is 48.1. The number of likely N-dealkylation sites (N-methyl/N-ethyl adjacent to an activating group) is 7. The Morgan fingerprint density at radius 2 is 1.39 bits per heavy atom. The Balaban J connectivity index is 1.49. The number of carbonyl (C=O) groups is 13. The summed E-state index contributed by atoms with van der Waals surface area (Å²) in [5.41, 5.74) is -3.12. The lowest BCUT2D eigenvalue weighted by Crippen LogP contribution is -2.71. The van der Waals surface area contributed by atoms with Gasteiger partial charge < -0.3 is 74.6 Å². The Labute approximate surface area is 602 Å². The number of fused-ring (bicyclic) bond motifs is 3. The fraction of sp³-hybridized carbons (Fsp3) is 0.708. The molecule has 2 bridgehead atoms. The van der Waals surface area contributed by atoms with E-state index in [9.17, 15) is 61.4 Å². The summed E-state index contributed by atoms with van der Waals surface area (Å²) in [4.78, 5) is 203. The van der Waals surface area contributed by atoms with Gasteiger partial charge in [0.25, 0.3) is 0 Å². The molecule has 10 atom stereocenters. The van der Waals surface area contributed by atoms with Crippen LogP contribution in [0, 0.1) is 23.2 Å². The van der Waals surface area contributed by atoms with E-state index in [1.54, 1.807) is 32.9 Å². The van der Waals surface area contributed by atoms with Crippen LogP contribution in [0.1, 0.15) is 149 Å². The Morgan fingerprint density at radius 1 is 0.748 bits per heavy atom. The molecule has 4 N–H and O–H groups in total. The van der Waals surface area contributed by atoms with E-state index in [4.69, 9.17) is 9.47 Å². The molecule has 103 heavy (non-hydrogen) atoms. The zero-order chi connectivity index (χ0) is 77.1. The Morgan fingerprint density at radius 3 is 1.96 bits per heavy atom. The number of nitrogens with one attached hydrogen (secondary N) is 3. The predicted octanol–water partition coefficient (Wildman–Crippen LogP) is 3.32. The summed E-state index contributed by atoms with van der Waals surface area (Å²) >= 11 is 0. The molecule has 6 rings (SSSR count). The summed E-state index contributed by atoms with van der Waals surface area (Å²) in [5, 5.41) is 18.9. The van der Waals surface area contributed by atoms with Crippen molar-refractivity contribution in [3.05, 3.63) is 41.5 Å². The quantitative estimate of drug-likeness (QED) is 0.194. The molecule has 0 radical (unpaired) electrons. The minimum atomic E-state index is -4.81. The van der Waals surface area contributed by atoms with E-state index in [-0.39, 0.29) is 82.5 Å². The number of amides is 12. The van der Waals surface area contributed by atoms with Gasteiger partial charge in [0.1, 0.15) is 59.6 Å². The third kappa shape index (κ3) is 20.3. The average molecular weight is 1460 g/mol. The number of hydrogen-bond donors (Lipinski definition) is 4. The molecule has 2 unspecified atom stereocenters. The molecule has 3 aliphatic heterocycles. The molecule has 12 amide bonds. The van der Waals surface area contributed by atoms with E-state index in [2.05, 4.69) is 16.0 Å². The van der Waals surface area contributed by atoms with E-state index >= 15 is 19.2 Å². The maximum atomic E-state index is 15.7. The van der Waals surface area contributed by atoms with Crippen LogP contribution in [-0.4, -0.2) is 282 Å². The van der Waals surface area contributed by atoms with E-state index in [0.717, 1.165) is 43.7 Å². The van der Waals surface area contributed by atoms with Gasteiger partial charge in [0.2, 0.25) is 70.9 Å². The van der Waals surface area contributed by atoms with Crippen LogP contribution in [0.5, 0.6) is 5.75 Å². The van der Waals surface area contributed by atoms with Gasteiger partial charge >= 0.3 is 12.1 Å². The van der Waals surface area contributed by atoms with Crippen molar-refractivity contribution in [3.8, 4) is 5.75 Å². The first-order valence-corrected chi connectivity index (χ1v) is 35.7. The fourth-order valence-electron chi connectivity index (χ4n) is 15.2. The number of carboxylic acids is 1. The van der Waals surface area contributed by atoms with Crippen molar-refractivity contribution in [2.45, 2.75) is 211 Å². The summed E-state index contributed by atoms with van der Waals surface area (Å²) in [6.45, 7) is 10.8. The van der Waals surface area contributed by atoms with Crippen LogP contribution in [-0.2, 0) is 79.7 Å². The van der Waals surface area contributed by atoms with Gasteiger partial charge in [-0.2, -0.15) is 13.2 Å². The smallest absolute Gasteiger partial charge is 0.419 e. The van der Waals surface area contributed by atoms with Crippen LogP contribution in [0.4, 0.5) is 13.2 Å². The number of ether oxygens (including phenoxy) is 2. The molecular weight excluding hydrogens is 1350 g/mol. The Kier molecular flexibility index (Phi) is 28.7. The van der Waals surface area contributed by atoms with Gasteiger partial charge in [-0.3, -0.25) is 62.3 Å². The van der Waals surface area contributed by atoms with Crippen molar-refractivity contribution >= 4 is 76.9 Å². The number of carbonyl (C=O) groups excluding carboxylic acids is 12. The highest BCUT2D eigenvalue weighted by molar-refractivity contribution is 6.01. The fourth-order valence-corrected chi connectivity index (χ4v) is 15.2. The molecule has 2 aliphatic carbocycles. The van der Waals surface area contributed by atoms with Crippen molar-refractivity contribution in [1.29, 1.82) is 0 Å². The molecule has 574 valence electrons. The van der Waals surface area contributed by atoms with E-state index in [0.29, 0.717) is 32.1 Å². The van der Waals surface area contributed by atoms with Crippen molar-refractivity contribution in [2.75, 3.05) is 96.3 Å². The summed E-state index contributed by atoms with van der Waals surface area (Å²) in [6.07, 6.45) is -1.62. The summed E-state index contributed by atoms with van der Waals surface area (Å²) in [7, 11) is 12.0. The van der Waals surface area contributed by atoms with Gasteiger partial charge in [-0.05, 0) is 106 Å². The molecule has 3 heterocycles. The second-order valence-corrected chi connectivity index (χ2v) is 30.0. The lowest BCUT2D eigenvalue weighted by Gasteiger charge is -2.54. The summed E-state index contributed by atoms with van der Waals surface area (Å²) < 4.78 is 53.5. The minimum Gasteiger partial charge on any atom is -0.496 e. The maximum absolute atomic E-state index is 15.7. The second kappa shape index (κ2) is 35.4. The zero-order valence-electron chi connectivity index (χ0n) is 62.7. The first kappa shape index (κ1) is 83.6. The average Bonchev–Trinajstić information content (AvgIpc) is 1.73. The molecule has 31 heteroatoms. The molecule has 1 aromatic rings. The summed E-state index contributed by atoms with van der Waals surface area (Å²) in [5.74, 6) is -12.8. The van der Waals surface area contributed by atoms with Crippen molar-refractivity contribution < 1.29 is 90.1 Å². The Hall–Kier alpha value is -8.38. The highest BCUT2D eigenvalue weighted by atomic mass is 19.4. The lowest BCUT2D eigenvalue weighted by molar-refractivity contribution is -0.161. The van der Waals surface area contributed by atoms with E-state index < -0.39 is 198 Å². The van der Waals surface area contributed by atoms with Crippen LogP contribution in [0.2, 0.25) is 0 Å². The van der Waals surface area contributed by atoms with Crippen LogP contribution in [0.3, 0.4) is 0 Å². The summed E-state index contributed by atoms with van der Waals surface area (Å²) in [6, 6.07) is -8.35. The highest BCUT2D eigenvalue weighted by Gasteiger charge is 2.59. The molecule has 4 fully saturated rings. The Bertz CT molecular complexity index is 3330. The van der Waals surface area contributed by atoms with Crippen molar-refractivity contribution in [1.82, 2.24) is 60.0 Å². The van der Waals surface area contributed by atoms with Crippen LogP contribution < -0.4 is 20.7 Å². The number of alkyl halides is 3. The van der Waals surface area contributed by atoms with Gasteiger partial charge in [-0.25, -0.2) is 0 Å². The molecular formula is C72H109F3N12O16. The molecule has 5 aliphatic rings. The van der Waals surface area contributed by atoms with Gasteiger partial charge in [-0.1, -0.05) is 79.0 Å². The van der Waals surface area contributed by atoms with Crippen molar-refractivity contribution in [3.63, 3.8) is 0 Å². The molecule has 2 saturated carbocycles. The standard InChI is InChI=1S/C72H109F3N12O16/c1-17-43(5)59-67(99)81(11)39-57(90)82(12)49-26-20-19-23-31-86(66(49)98)53(36-58(91)92)65(97)80(10)38-55(88)76-48(30-28-44-27-29-47(72(73,74)75)54(33-44)102-16)63(95)87-37-46(103-18-2)34-51(87)62(94)78-71(40-70(6,7)41-71)69(101)85(15)60(45-24-21-22-25-45)68(100)84(14)52(64(96)79(8)9)35-56(89)83(13)50(32-42(3)4)61(93)77-59/h19-20,27,29,33,42-43,45-46,48-53,59-60H,17-18,21-26,28,30-32,34-41H2,1-16H3,(H,76,88)(H,77,93)(H,78,94)(H,91,92)/b20-19-/t43-,46+,48+,49?,50-,51+,52+,53-,59?,60+/m0/s1. The normalized spacial score (nSPS) is 27.1. The third-order valence-corrected chi connectivity index (χ3v) is 20.9. The van der Waals surface area contributed by atoms with Gasteiger partial charge in [0.05, 0.1) is 44.7 Å². The number of benzene rings is 1.